The van der Waals surface area contributed by atoms with Gasteiger partial charge in [0, 0.05) is 25.1 Å². The predicted octanol–water partition coefficient (Wildman–Crippen LogP) is 1.66. The third-order valence-corrected chi connectivity index (χ3v) is 5.99. The quantitative estimate of drug-likeness (QED) is 0.499. The van der Waals surface area contributed by atoms with Crippen LogP contribution in [0.25, 0.3) is 0 Å². The summed E-state index contributed by atoms with van der Waals surface area (Å²) in [5.74, 6) is -1.20. The molecule has 1 fully saturated rings. The van der Waals surface area contributed by atoms with Gasteiger partial charge in [-0.3, -0.25) is 9.59 Å². The molecule has 154 valence electrons. The molecule has 0 saturated carbocycles. The standard InChI is InChI=1S/C19H26N2O6S/c1-25-10-8-20-17(23)16-12-5-2-3-7-14(12)28-18(16)21-15(22)11-27-19(24)13-6-4-9-26-13/h13H,2-11H2,1H3,(H,20,23)(H,21,22)/t13-/m1/s1. The number of methoxy groups -OCH3 is 1. The van der Waals surface area contributed by atoms with E-state index in [0.29, 0.717) is 36.7 Å². The molecule has 28 heavy (non-hydrogen) atoms. The van der Waals surface area contributed by atoms with Crippen molar-refractivity contribution in [3.05, 3.63) is 16.0 Å². The Hall–Kier alpha value is -1.97. The molecular weight excluding hydrogens is 384 g/mol. The number of ether oxygens (including phenoxy) is 3. The number of aryl methyl sites for hydroxylation is 1. The molecule has 3 rings (SSSR count). The largest absolute Gasteiger partial charge is 0.454 e. The van der Waals surface area contributed by atoms with E-state index in [4.69, 9.17) is 14.2 Å². The number of hydrogen-bond donors (Lipinski definition) is 2. The number of carbonyl (C=O) groups is 3. The first-order valence-electron chi connectivity index (χ1n) is 9.60. The number of hydrogen-bond acceptors (Lipinski definition) is 7. The van der Waals surface area contributed by atoms with Crippen LogP contribution in [-0.2, 0) is 36.6 Å². The minimum atomic E-state index is -0.580. The lowest BCUT2D eigenvalue weighted by molar-refractivity contribution is -0.156. The summed E-state index contributed by atoms with van der Waals surface area (Å²) in [7, 11) is 1.57. The normalized spacial score (nSPS) is 18.4. The molecule has 2 heterocycles. The number of esters is 1. The molecule has 2 aliphatic rings. The van der Waals surface area contributed by atoms with Gasteiger partial charge >= 0.3 is 5.97 Å². The second-order valence-corrected chi connectivity index (χ2v) is 7.93. The number of rotatable bonds is 8. The van der Waals surface area contributed by atoms with Gasteiger partial charge in [0.25, 0.3) is 11.8 Å². The Morgan fingerprint density at radius 2 is 2.04 bits per heavy atom. The molecule has 0 unspecified atom stereocenters. The number of anilines is 1. The number of amides is 2. The van der Waals surface area contributed by atoms with Crippen molar-refractivity contribution >= 4 is 34.1 Å². The van der Waals surface area contributed by atoms with Crippen LogP contribution in [0.1, 0.15) is 46.5 Å². The van der Waals surface area contributed by atoms with Crippen LogP contribution in [0.3, 0.4) is 0 Å². The van der Waals surface area contributed by atoms with Crippen LogP contribution < -0.4 is 10.6 Å². The molecule has 9 heteroatoms. The molecule has 1 aliphatic carbocycles. The summed E-state index contributed by atoms with van der Waals surface area (Å²) in [6, 6.07) is 0. The Kier molecular flexibility index (Phi) is 7.41. The van der Waals surface area contributed by atoms with E-state index in [9.17, 15) is 14.4 Å². The van der Waals surface area contributed by atoms with Crippen molar-refractivity contribution < 1.29 is 28.6 Å². The van der Waals surface area contributed by atoms with Crippen LogP contribution in [0.2, 0.25) is 0 Å². The number of fused-ring (bicyclic) bond motifs is 1. The van der Waals surface area contributed by atoms with Crippen LogP contribution in [0.4, 0.5) is 5.00 Å². The molecular formula is C19H26N2O6S. The fourth-order valence-corrected chi connectivity index (χ4v) is 4.71. The summed E-state index contributed by atoms with van der Waals surface area (Å²) in [5.41, 5.74) is 1.53. The highest BCUT2D eigenvalue weighted by Crippen LogP contribution is 2.38. The van der Waals surface area contributed by atoms with Gasteiger partial charge in [-0.1, -0.05) is 0 Å². The number of nitrogens with one attached hydrogen (secondary N) is 2. The molecule has 1 aromatic rings. The second-order valence-electron chi connectivity index (χ2n) is 6.82. The SMILES string of the molecule is COCCNC(=O)c1c(NC(=O)COC(=O)[C@H]2CCCO2)sc2c1CCCC2. The van der Waals surface area contributed by atoms with Gasteiger partial charge in [-0.25, -0.2) is 4.79 Å². The van der Waals surface area contributed by atoms with E-state index < -0.39 is 24.6 Å². The second kappa shape index (κ2) is 9.99. The fraction of sp³-hybridized carbons (Fsp3) is 0.632. The highest BCUT2D eigenvalue weighted by atomic mass is 32.1. The Labute approximate surface area is 167 Å². The van der Waals surface area contributed by atoms with Crippen LogP contribution in [-0.4, -0.2) is 57.4 Å². The molecule has 0 aromatic carbocycles. The Bertz CT molecular complexity index is 726. The first-order chi connectivity index (χ1) is 13.6. The van der Waals surface area contributed by atoms with Crippen molar-refractivity contribution in [3.8, 4) is 0 Å². The summed E-state index contributed by atoms with van der Waals surface area (Å²) in [6.07, 6.45) is 4.67. The summed E-state index contributed by atoms with van der Waals surface area (Å²) in [5, 5.41) is 6.09. The first-order valence-corrected chi connectivity index (χ1v) is 10.4. The Balaban J connectivity index is 1.64. The van der Waals surface area contributed by atoms with Crippen molar-refractivity contribution in [3.63, 3.8) is 0 Å². The molecule has 0 radical (unpaired) electrons. The molecule has 1 aromatic heterocycles. The van der Waals surface area contributed by atoms with Crippen molar-refractivity contribution in [2.75, 3.05) is 38.8 Å². The molecule has 1 aliphatic heterocycles. The van der Waals surface area contributed by atoms with E-state index in [1.165, 1.54) is 11.3 Å². The van der Waals surface area contributed by atoms with Gasteiger partial charge in [-0.15, -0.1) is 11.3 Å². The molecule has 0 spiro atoms. The average Bonchev–Trinajstić information content (AvgIpc) is 3.34. The van der Waals surface area contributed by atoms with Crippen molar-refractivity contribution in [1.82, 2.24) is 5.32 Å². The lowest BCUT2D eigenvalue weighted by Gasteiger charge is -2.13. The maximum atomic E-state index is 12.7. The van der Waals surface area contributed by atoms with E-state index in [1.807, 2.05) is 0 Å². The van der Waals surface area contributed by atoms with E-state index in [1.54, 1.807) is 7.11 Å². The van der Waals surface area contributed by atoms with Crippen LogP contribution >= 0.6 is 11.3 Å². The topological polar surface area (TPSA) is 103 Å². The summed E-state index contributed by atoms with van der Waals surface area (Å²) >= 11 is 1.43. The van der Waals surface area contributed by atoms with Gasteiger partial charge in [-0.2, -0.15) is 0 Å². The molecule has 1 atom stereocenters. The van der Waals surface area contributed by atoms with Crippen LogP contribution in [0, 0.1) is 0 Å². The monoisotopic (exact) mass is 410 g/mol. The van der Waals surface area contributed by atoms with E-state index in [-0.39, 0.29) is 5.91 Å². The highest BCUT2D eigenvalue weighted by Gasteiger charge is 2.28. The van der Waals surface area contributed by atoms with Crippen molar-refractivity contribution in [2.45, 2.75) is 44.6 Å². The minimum absolute atomic E-state index is 0.219. The molecule has 8 nitrogen and oxygen atoms in total. The van der Waals surface area contributed by atoms with Gasteiger partial charge in [0.2, 0.25) is 0 Å². The number of thiophene rings is 1. The maximum Gasteiger partial charge on any atom is 0.335 e. The van der Waals surface area contributed by atoms with Crippen molar-refractivity contribution in [2.24, 2.45) is 0 Å². The van der Waals surface area contributed by atoms with Crippen LogP contribution in [0.15, 0.2) is 0 Å². The zero-order chi connectivity index (χ0) is 19.9. The van der Waals surface area contributed by atoms with Gasteiger partial charge in [-0.05, 0) is 44.1 Å². The smallest absolute Gasteiger partial charge is 0.335 e. The molecule has 2 amide bonds. The number of carbonyl (C=O) groups excluding carboxylic acids is 3. The summed E-state index contributed by atoms with van der Waals surface area (Å²) < 4.78 is 15.3. The van der Waals surface area contributed by atoms with E-state index in [0.717, 1.165) is 42.5 Å². The predicted molar refractivity (Wildman–Crippen MR) is 104 cm³/mol. The van der Waals surface area contributed by atoms with Gasteiger partial charge in [0.1, 0.15) is 5.00 Å². The van der Waals surface area contributed by atoms with Gasteiger partial charge in [0.15, 0.2) is 12.7 Å². The third kappa shape index (κ3) is 5.09. The van der Waals surface area contributed by atoms with Crippen LogP contribution in [0.5, 0.6) is 0 Å². The van der Waals surface area contributed by atoms with E-state index in [2.05, 4.69) is 10.6 Å². The lowest BCUT2D eigenvalue weighted by Crippen LogP contribution is -2.30. The minimum Gasteiger partial charge on any atom is -0.454 e. The zero-order valence-electron chi connectivity index (χ0n) is 16.0. The first kappa shape index (κ1) is 20.8. The summed E-state index contributed by atoms with van der Waals surface area (Å²) in [4.78, 5) is 38.0. The maximum absolute atomic E-state index is 12.7. The molecule has 2 N–H and O–H groups in total. The summed E-state index contributed by atoms with van der Waals surface area (Å²) in [6.45, 7) is 0.950. The Morgan fingerprint density at radius 1 is 1.21 bits per heavy atom. The van der Waals surface area contributed by atoms with E-state index >= 15 is 0 Å². The average molecular weight is 410 g/mol. The third-order valence-electron chi connectivity index (χ3n) is 4.78. The Morgan fingerprint density at radius 3 is 2.79 bits per heavy atom. The molecule has 0 bridgehead atoms. The lowest BCUT2D eigenvalue weighted by atomic mass is 9.95. The van der Waals surface area contributed by atoms with Gasteiger partial charge in [0.05, 0.1) is 12.2 Å². The zero-order valence-corrected chi connectivity index (χ0v) is 16.8. The fourth-order valence-electron chi connectivity index (χ4n) is 3.41. The molecule has 1 saturated heterocycles. The van der Waals surface area contributed by atoms with Crippen molar-refractivity contribution in [1.29, 1.82) is 0 Å². The highest BCUT2D eigenvalue weighted by molar-refractivity contribution is 7.17. The van der Waals surface area contributed by atoms with Gasteiger partial charge < -0.3 is 24.8 Å².